The Balaban J connectivity index is -0.000000656. The maximum absolute atomic E-state index is 10.9. The third kappa shape index (κ3) is 22.1. The second-order valence-corrected chi connectivity index (χ2v) is 3.82. The van der Waals surface area contributed by atoms with Crippen LogP contribution >= 0.6 is 0 Å². The summed E-state index contributed by atoms with van der Waals surface area (Å²) in [6, 6.07) is 0. The van der Waals surface area contributed by atoms with Crippen molar-refractivity contribution in [3.05, 3.63) is 0 Å². The number of carbonyl (C=O) groups excluding carboxylic acids is 2. The maximum atomic E-state index is 10.9. The van der Waals surface area contributed by atoms with Gasteiger partial charge in [0.1, 0.15) is 0 Å². The summed E-state index contributed by atoms with van der Waals surface area (Å²) in [6.45, 7) is 13.2. The van der Waals surface area contributed by atoms with Crippen LogP contribution in [-0.4, -0.2) is 24.9 Å². The molecule has 0 atom stereocenters. The lowest BCUT2D eigenvalue weighted by Gasteiger charge is -2.04. The fourth-order valence-electron chi connectivity index (χ4n) is 1.31. The molecule has 2 N–H and O–H groups in total. The van der Waals surface area contributed by atoms with Crippen molar-refractivity contribution in [2.75, 3.05) is 13.1 Å². The molecule has 0 radical (unpaired) electrons. The molecule has 0 aliphatic heterocycles. The van der Waals surface area contributed by atoms with E-state index in [0.717, 1.165) is 38.8 Å². The Labute approximate surface area is 126 Å². The average molecular weight is 288 g/mol. The Hall–Kier alpha value is -1.06. The lowest BCUT2D eigenvalue weighted by Crippen LogP contribution is -2.24. The van der Waals surface area contributed by atoms with E-state index in [0.29, 0.717) is 12.8 Å². The standard InChI is InChI=1S/C12H24N2O2.2C2H6/c1-3-11(15)13-9-7-5-6-8-10-14-12(16)4-2;2*1-2/h3-10H2,1-2H3,(H,13,15)(H,14,16);2*1-2H3. The fourth-order valence-corrected chi connectivity index (χ4v) is 1.31. The minimum Gasteiger partial charge on any atom is -0.356 e. The number of carbonyl (C=O) groups is 2. The molecule has 0 aromatic carbocycles. The third-order valence-electron chi connectivity index (χ3n) is 2.39. The van der Waals surface area contributed by atoms with Gasteiger partial charge in [-0.1, -0.05) is 54.4 Å². The molecule has 0 saturated carbocycles. The quantitative estimate of drug-likeness (QED) is 0.636. The van der Waals surface area contributed by atoms with Gasteiger partial charge in [-0.25, -0.2) is 0 Å². The van der Waals surface area contributed by atoms with Gasteiger partial charge in [0.05, 0.1) is 0 Å². The highest BCUT2D eigenvalue weighted by atomic mass is 16.2. The summed E-state index contributed by atoms with van der Waals surface area (Å²) < 4.78 is 0. The number of rotatable bonds is 9. The van der Waals surface area contributed by atoms with Crippen LogP contribution in [0.2, 0.25) is 0 Å². The van der Waals surface area contributed by atoms with Gasteiger partial charge in [0.25, 0.3) is 0 Å². The monoisotopic (exact) mass is 288 g/mol. The van der Waals surface area contributed by atoms with Gasteiger partial charge in [0.2, 0.25) is 11.8 Å². The molecule has 0 aromatic rings. The van der Waals surface area contributed by atoms with Gasteiger partial charge < -0.3 is 10.6 Å². The Morgan fingerprint density at radius 3 is 1.20 bits per heavy atom. The van der Waals surface area contributed by atoms with Gasteiger partial charge in [-0.15, -0.1) is 0 Å². The molecule has 0 bridgehead atoms. The van der Waals surface area contributed by atoms with Gasteiger partial charge in [-0.05, 0) is 12.8 Å². The van der Waals surface area contributed by atoms with Gasteiger partial charge in [-0.3, -0.25) is 9.59 Å². The van der Waals surface area contributed by atoms with Crippen LogP contribution in [0.25, 0.3) is 0 Å². The van der Waals surface area contributed by atoms with Crippen LogP contribution < -0.4 is 10.6 Å². The molecule has 20 heavy (non-hydrogen) atoms. The number of hydrogen-bond donors (Lipinski definition) is 2. The average Bonchev–Trinajstić information content (AvgIpc) is 2.53. The summed E-state index contributed by atoms with van der Waals surface area (Å²) in [5.74, 6) is 0.241. The lowest BCUT2D eigenvalue weighted by molar-refractivity contribution is -0.121. The van der Waals surface area contributed by atoms with Crippen molar-refractivity contribution >= 4 is 11.8 Å². The predicted octanol–water partition coefficient (Wildman–Crippen LogP) is 3.65. The molecule has 0 heterocycles. The van der Waals surface area contributed by atoms with Crippen LogP contribution in [0.5, 0.6) is 0 Å². The van der Waals surface area contributed by atoms with E-state index in [2.05, 4.69) is 10.6 Å². The second-order valence-electron chi connectivity index (χ2n) is 3.82. The smallest absolute Gasteiger partial charge is 0.219 e. The fraction of sp³-hybridized carbons (Fsp3) is 0.875. The second kappa shape index (κ2) is 23.1. The molecule has 4 heteroatoms. The Morgan fingerprint density at radius 1 is 0.650 bits per heavy atom. The van der Waals surface area contributed by atoms with Gasteiger partial charge in [0, 0.05) is 25.9 Å². The molecule has 0 aliphatic rings. The first-order valence-electron chi connectivity index (χ1n) is 8.24. The van der Waals surface area contributed by atoms with Crippen LogP contribution in [0, 0.1) is 0 Å². The number of hydrogen-bond acceptors (Lipinski definition) is 2. The van der Waals surface area contributed by atoms with E-state index in [9.17, 15) is 9.59 Å². The van der Waals surface area contributed by atoms with E-state index in [4.69, 9.17) is 0 Å². The van der Waals surface area contributed by atoms with E-state index >= 15 is 0 Å². The summed E-state index contributed by atoms with van der Waals surface area (Å²) in [5, 5.41) is 5.68. The molecule has 0 rings (SSSR count). The predicted molar refractivity (Wildman–Crippen MR) is 87.8 cm³/mol. The van der Waals surface area contributed by atoms with Crippen molar-refractivity contribution in [3.63, 3.8) is 0 Å². The summed E-state index contributed by atoms with van der Waals surface area (Å²) >= 11 is 0. The van der Waals surface area contributed by atoms with Crippen molar-refractivity contribution in [3.8, 4) is 0 Å². The molecule has 0 unspecified atom stereocenters. The van der Waals surface area contributed by atoms with E-state index in [-0.39, 0.29) is 11.8 Å². The first kappa shape index (κ1) is 24.0. The topological polar surface area (TPSA) is 58.2 Å². The summed E-state index contributed by atoms with van der Waals surface area (Å²) in [5.41, 5.74) is 0. The number of amides is 2. The highest BCUT2D eigenvalue weighted by molar-refractivity contribution is 5.75. The Morgan fingerprint density at radius 2 is 0.950 bits per heavy atom. The first-order valence-corrected chi connectivity index (χ1v) is 8.24. The van der Waals surface area contributed by atoms with Gasteiger partial charge in [-0.2, -0.15) is 0 Å². The number of nitrogens with one attached hydrogen (secondary N) is 2. The van der Waals surface area contributed by atoms with Crippen LogP contribution in [-0.2, 0) is 9.59 Å². The van der Waals surface area contributed by atoms with Crippen LogP contribution in [0.15, 0.2) is 0 Å². The van der Waals surface area contributed by atoms with Crippen molar-refractivity contribution in [1.29, 1.82) is 0 Å². The molecular weight excluding hydrogens is 252 g/mol. The van der Waals surface area contributed by atoms with Crippen molar-refractivity contribution in [2.24, 2.45) is 0 Å². The van der Waals surface area contributed by atoms with E-state index < -0.39 is 0 Å². The molecule has 2 amide bonds. The molecule has 0 spiro atoms. The zero-order valence-electron chi connectivity index (χ0n) is 14.5. The van der Waals surface area contributed by atoms with Crippen LogP contribution in [0.1, 0.15) is 80.1 Å². The molecule has 4 nitrogen and oxygen atoms in total. The van der Waals surface area contributed by atoms with Crippen molar-refractivity contribution < 1.29 is 9.59 Å². The Kier molecular flexibility index (Phi) is 27.7. The molecule has 0 aromatic heterocycles. The van der Waals surface area contributed by atoms with Crippen molar-refractivity contribution in [1.82, 2.24) is 10.6 Å². The van der Waals surface area contributed by atoms with Gasteiger partial charge >= 0.3 is 0 Å². The largest absolute Gasteiger partial charge is 0.356 e. The van der Waals surface area contributed by atoms with E-state index in [1.165, 1.54) is 0 Å². The molecule has 122 valence electrons. The highest BCUT2D eigenvalue weighted by Crippen LogP contribution is 1.98. The maximum Gasteiger partial charge on any atom is 0.219 e. The zero-order chi connectivity index (χ0) is 16.2. The summed E-state index contributed by atoms with van der Waals surface area (Å²) in [7, 11) is 0. The molecular formula is C16H36N2O2. The van der Waals surface area contributed by atoms with E-state index in [1.54, 1.807) is 0 Å². The normalized spacial score (nSPS) is 8.50. The van der Waals surface area contributed by atoms with Crippen molar-refractivity contribution in [2.45, 2.75) is 80.1 Å². The molecule has 0 aliphatic carbocycles. The minimum atomic E-state index is 0.121. The lowest BCUT2D eigenvalue weighted by atomic mass is 10.2. The van der Waals surface area contributed by atoms with Crippen LogP contribution in [0.3, 0.4) is 0 Å². The Bertz CT molecular complexity index is 185. The molecule has 0 saturated heterocycles. The highest BCUT2D eigenvalue weighted by Gasteiger charge is 1.96. The minimum absolute atomic E-state index is 0.121. The van der Waals surface area contributed by atoms with Crippen LogP contribution in [0.4, 0.5) is 0 Å². The summed E-state index contributed by atoms with van der Waals surface area (Å²) in [4.78, 5) is 21.8. The molecule has 0 fully saturated rings. The SMILES string of the molecule is CC.CC.CCC(=O)NCCCCCCNC(=O)CC. The van der Waals surface area contributed by atoms with Gasteiger partial charge in [0.15, 0.2) is 0 Å². The first-order chi connectivity index (χ1) is 9.70. The van der Waals surface area contributed by atoms with E-state index in [1.807, 2.05) is 41.5 Å². The third-order valence-corrected chi connectivity index (χ3v) is 2.39. The zero-order valence-corrected chi connectivity index (χ0v) is 14.5. The summed E-state index contributed by atoms with van der Waals surface area (Å²) in [6.07, 6.45) is 5.37. The number of unbranched alkanes of at least 4 members (excludes halogenated alkanes) is 3.